The SMILES string of the molecule is C#CCCCC(NCCC)c1cncc(Br)c1. The topological polar surface area (TPSA) is 24.9 Å². The van der Waals surface area contributed by atoms with Gasteiger partial charge in [0.15, 0.2) is 0 Å². The average molecular weight is 295 g/mol. The number of rotatable bonds is 7. The van der Waals surface area contributed by atoms with E-state index in [9.17, 15) is 0 Å². The average Bonchev–Trinajstić information content (AvgIpc) is 2.33. The maximum absolute atomic E-state index is 5.29. The highest BCUT2D eigenvalue weighted by molar-refractivity contribution is 9.10. The van der Waals surface area contributed by atoms with E-state index >= 15 is 0 Å². The van der Waals surface area contributed by atoms with E-state index in [-0.39, 0.29) is 0 Å². The summed E-state index contributed by atoms with van der Waals surface area (Å²) in [6, 6.07) is 2.48. The molecule has 0 aliphatic rings. The van der Waals surface area contributed by atoms with Crippen LogP contribution in [0.15, 0.2) is 22.9 Å². The second kappa shape index (κ2) is 8.27. The maximum Gasteiger partial charge on any atom is 0.0410 e. The molecule has 0 fully saturated rings. The van der Waals surface area contributed by atoms with Gasteiger partial charge in [-0.2, -0.15) is 0 Å². The number of halogens is 1. The summed E-state index contributed by atoms with van der Waals surface area (Å²) >= 11 is 3.46. The maximum atomic E-state index is 5.29. The normalized spacial score (nSPS) is 12.1. The van der Waals surface area contributed by atoms with Crippen LogP contribution in [0.5, 0.6) is 0 Å². The van der Waals surface area contributed by atoms with Crippen molar-refractivity contribution in [1.82, 2.24) is 10.3 Å². The highest BCUT2D eigenvalue weighted by atomic mass is 79.9. The van der Waals surface area contributed by atoms with Gasteiger partial charge >= 0.3 is 0 Å². The summed E-state index contributed by atoms with van der Waals surface area (Å²) in [4.78, 5) is 4.21. The van der Waals surface area contributed by atoms with Gasteiger partial charge in [0.05, 0.1) is 0 Å². The fourth-order valence-corrected chi connectivity index (χ4v) is 2.11. The monoisotopic (exact) mass is 294 g/mol. The van der Waals surface area contributed by atoms with Crippen LogP contribution in [0.1, 0.15) is 44.2 Å². The molecule has 0 aromatic carbocycles. The third kappa shape index (κ3) is 5.34. The summed E-state index contributed by atoms with van der Waals surface area (Å²) < 4.78 is 1.02. The van der Waals surface area contributed by atoms with E-state index in [2.05, 4.69) is 45.1 Å². The van der Waals surface area contributed by atoms with Crippen molar-refractivity contribution in [2.24, 2.45) is 0 Å². The van der Waals surface area contributed by atoms with Crippen LogP contribution in [0.2, 0.25) is 0 Å². The molecule has 92 valence electrons. The molecule has 0 spiro atoms. The zero-order valence-corrected chi connectivity index (χ0v) is 11.8. The lowest BCUT2D eigenvalue weighted by atomic mass is 10.0. The standard InChI is InChI=1S/C14H19BrN2/c1-3-5-6-7-14(17-8-4-2)12-9-13(15)11-16-10-12/h1,9-11,14,17H,4-8H2,2H3. The predicted octanol–water partition coefficient (Wildman–Crippen LogP) is 3.69. The van der Waals surface area contributed by atoms with Crippen molar-refractivity contribution in [3.63, 3.8) is 0 Å². The first-order chi connectivity index (χ1) is 8.27. The van der Waals surface area contributed by atoms with Gasteiger partial charge in [0.1, 0.15) is 0 Å². The molecule has 0 aliphatic carbocycles. The first-order valence-corrected chi connectivity index (χ1v) is 6.84. The van der Waals surface area contributed by atoms with Crippen LogP contribution in [0.4, 0.5) is 0 Å². The lowest BCUT2D eigenvalue weighted by Gasteiger charge is -2.18. The molecule has 0 saturated carbocycles. The van der Waals surface area contributed by atoms with Gasteiger partial charge < -0.3 is 5.32 Å². The largest absolute Gasteiger partial charge is 0.310 e. The summed E-state index contributed by atoms with van der Waals surface area (Å²) in [5.41, 5.74) is 1.23. The Kier molecular flexibility index (Phi) is 6.91. The molecule has 1 N–H and O–H groups in total. The summed E-state index contributed by atoms with van der Waals surface area (Å²) in [6.07, 6.45) is 13.1. The third-order valence-corrected chi connectivity index (χ3v) is 3.02. The number of hydrogen-bond donors (Lipinski definition) is 1. The molecule has 17 heavy (non-hydrogen) atoms. The summed E-state index contributed by atoms with van der Waals surface area (Å²) in [7, 11) is 0. The van der Waals surface area contributed by atoms with E-state index in [1.54, 1.807) is 0 Å². The van der Waals surface area contributed by atoms with Gasteiger partial charge in [-0.3, -0.25) is 4.98 Å². The van der Waals surface area contributed by atoms with Gasteiger partial charge in [0.2, 0.25) is 0 Å². The molecule has 1 atom stereocenters. The highest BCUT2D eigenvalue weighted by Gasteiger charge is 2.10. The Bertz CT molecular complexity index is 371. The molecule has 0 amide bonds. The third-order valence-electron chi connectivity index (χ3n) is 2.58. The van der Waals surface area contributed by atoms with Crippen molar-refractivity contribution in [2.45, 2.75) is 38.6 Å². The molecule has 1 rings (SSSR count). The van der Waals surface area contributed by atoms with E-state index in [1.807, 2.05) is 12.4 Å². The molecule has 0 radical (unpaired) electrons. The van der Waals surface area contributed by atoms with Gasteiger partial charge in [-0.1, -0.05) is 6.92 Å². The fraction of sp³-hybridized carbons (Fsp3) is 0.500. The summed E-state index contributed by atoms with van der Waals surface area (Å²) in [5, 5.41) is 3.54. The van der Waals surface area contributed by atoms with E-state index < -0.39 is 0 Å². The van der Waals surface area contributed by atoms with Crippen LogP contribution in [0.25, 0.3) is 0 Å². The van der Waals surface area contributed by atoms with E-state index in [1.165, 1.54) is 5.56 Å². The molecule has 0 aliphatic heterocycles. The molecule has 0 bridgehead atoms. The van der Waals surface area contributed by atoms with Crippen LogP contribution in [0.3, 0.4) is 0 Å². The minimum atomic E-state index is 0.355. The Morgan fingerprint density at radius 3 is 3.00 bits per heavy atom. The molecule has 2 nitrogen and oxygen atoms in total. The molecule has 1 aromatic heterocycles. The van der Waals surface area contributed by atoms with Crippen molar-refractivity contribution >= 4 is 15.9 Å². The van der Waals surface area contributed by atoms with Crippen LogP contribution >= 0.6 is 15.9 Å². The summed E-state index contributed by atoms with van der Waals surface area (Å²) in [5.74, 6) is 2.69. The number of nitrogens with one attached hydrogen (secondary N) is 1. The van der Waals surface area contributed by atoms with Crippen molar-refractivity contribution in [3.05, 3.63) is 28.5 Å². The molecule has 0 saturated heterocycles. The molecule has 1 aromatic rings. The van der Waals surface area contributed by atoms with Crippen LogP contribution in [-0.4, -0.2) is 11.5 Å². The first kappa shape index (κ1) is 14.2. The number of aromatic nitrogens is 1. The van der Waals surface area contributed by atoms with E-state index in [4.69, 9.17) is 6.42 Å². The fourth-order valence-electron chi connectivity index (χ4n) is 1.73. The zero-order valence-electron chi connectivity index (χ0n) is 10.2. The van der Waals surface area contributed by atoms with Gasteiger partial charge in [0, 0.05) is 29.3 Å². The molecule has 1 unspecified atom stereocenters. The Labute approximate surface area is 112 Å². The quantitative estimate of drug-likeness (QED) is 0.613. The highest BCUT2D eigenvalue weighted by Crippen LogP contribution is 2.21. The molecular weight excluding hydrogens is 276 g/mol. The Hall–Kier alpha value is -0.850. The smallest absolute Gasteiger partial charge is 0.0410 e. The number of hydrogen-bond acceptors (Lipinski definition) is 2. The van der Waals surface area contributed by atoms with Gasteiger partial charge in [-0.25, -0.2) is 0 Å². The van der Waals surface area contributed by atoms with E-state index in [0.29, 0.717) is 6.04 Å². The molecule has 1 heterocycles. The molecular formula is C14H19BrN2. The predicted molar refractivity (Wildman–Crippen MR) is 75.7 cm³/mol. The Balaban J connectivity index is 2.64. The number of nitrogens with zero attached hydrogens (tertiary/aromatic N) is 1. The first-order valence-electron chi connectivity index (χ1n) is 6.05. The lowest BCUT2D eigenvalue weighted by Crippen LogP contribution is -2.22. The van der Waals surface area contributed by atoms with E-state index in [0.717, 1.165) is 36.7 Å². The number of terminal acetylenes is 1. The van der Waals surface area contributed by atoms with Crippen molar-refractivity contribution in [3.8, 4) is 12.3 Å². The van der Waals surface area contributed by atoms with Crippen LogP contribution in [0, 0.1) is 12.3 Å². The van der Waals surface area contributed by atoms with Gasteiger partial charge in [0.25, 0.3) is 0 Å². The minimum absolute atomic E-state index is 0.355. The molecule has 3 heteroatoms. The second-order valence-electron chi connectivity index (χ2n) is 4.04. The van der Waals surface area contributed by atoms with Gasteiger partial charge in [-0.15, -0.1) is 12.3 Å². The van der Waals surface area contributed by atoms with Crippen LogP contribution < -0.4 is 5.32 Å². The number of pyridine rings is 1. The van der Waals surface area contributed by atoms with Gasteiger partial charge in [-0.05, 0) is 53.4 Å². The van der Waals surface area contributed by atoms with Crippen molar-refractivity contribution < 1.29 is 0 Å². The Morgan fingerprint density at radius 2 is 2.35 bits per heavy atom. The van der Waals surface area contributed by atoms with Crippen molar-refractivity contribution in [2.75, 3.05) is 6.54 Å². The summed E-state index contributed by atoms with van der Waals surface area (Å²) in [6.45, 7) is 3.19. The van der Waals surface area contributed by atoms with Crippen molar-refractivity contribution in [1.29, 1.82) is 0 Å². The Morgan fingerprint density at radius 1 is 1.53 bits per heavy atom. The lowest BCUT2D eigenvalue weighted by molar-refractivity contribution is 0.486. The second-order valence-corrected chi connectivity index (χ2v) is 4.96. The van der Waals surface area contributed by atoms with Crippen LogP contribution in [-0.2, 0) is 0 Å². The zero-order chi connectivity index (χ0) is 12.5. The number of unbranched alkanes of at least 4 members (excludes halogenated alkanes) is 1. The minimum Gasteiger partial charge on any atom is -0.310 e.